The van der Waals surface area contributed by atoms with Crippen molar-refractivity contribution in [1.29, 1.82) is 0 Å². The van der Waals surface area contributed by atoms with E-state index in [1.54, 1.807) is 6.92 Å². The third-order valence-electron chi connectivity index (χ3n) is 0.426. The van der Waals surface area contributed by atoms with Gasteiger partial charge in [-0.3, -0.25) is 0 Å². The summed E-state index contributed by atoms with van der Waals surface area (Å²) in [6.45, 7) is 1.74. The van der Waals surface area contributed by atoms with Crippen LogP contribution < -0.4 is 0 Å². The summed E-state index contributed by atoms with van der Waals surface area (Å²) in [4.78, 5) is 3.51. The van der Waals surface area contributed by atoms with Crippen molar-refractivity contribution in [3.8, 4) is 0 Å². The number of nitrogens with zero attached hydrogens (tertiary/aromatic N) is 2. The van der Waals surface area contributed by atoms with Crippen LogP contribution in [0.5, 0.6) is 0 Å². The van der Waals surface area contributed by atoms with E-state index in [-0.39, 0.29) is 0 Å². The van der Waals surface area contributed by atoms with Crippen molar-refractivity contribution in [2.45, 2.75) is 6.92 Å². The molecule has 0 amide bonds. The van der Waals surface area contributed by atoms with Crippen LogP contribution in [0, 0.1) is 13.3 Å². The van der Waals surface area contributed by atoms with Crippen molar-refractivity contribution >= 4 is 0 Å². The molecule has 0 aromatic carbocycles. The van der Waals surface area contributed by atoms with Gasteiger partial charge in [-0.25, -0.2) is 0 Å². The van der Waals surface area contributed by atoms with E-state index in [2.05, 4.69) is 21.1 Å². The Kier molecular flexibility index (Phi) is 0.602. The fraction of sp³-hybridized carbons (Fsp3) is 0.333. The lowest BCUT2D eigenvalue weighted by Gasteiger charge is -1.60. The lowest BCUT2D eigenvalue weighted by atomic mass is 10.8. The molecule has 0 N–H and O–H groups in total. The van der Waals surface area contributed by atoms with Gasteiger partial charge in [0.15, 0.2) is 5.82 Å². The van der Waals surface area contributed by atoms with E-state index in [1.165, 1.54) is 0 Å². The lowest BCUT2D eigenvalue weighted by Crippen LogP contribution is -1.66. The minimum Gasteiger partial charge on any atom is -0.329 e. The van der Waals surface area contributed by atoms with Crippen LogP contribution in [0.3, 0.4) is 0 Å². The zero-order valence-electron chi connectivity index (χ0n) is 3.30. The fourth-order valence-corrected chi connectivity index (χ4v) is 0.193. The zero-order valence-corrected chi connectivity index (χ0v) is 3.30. The first kappa shape index (κ1) is 3.33. The Morgan fingerprint density at radius 3 is 2.83 bits per heavy atom. The second kappa shape index (κ2) is 1.08. The summed E-state index contributed by atoms with van der Waals surface area (Å²) in [5.74, 6) is 0.620. The third kappa shape index (κ3) is 0.381. The number of hydrogen-bond donors (Lipinski definition) is 0. The molecule has 1 radical (unpaired) electrons. The molecule has 0 aliphatic rings. The first-order chi connectivity index (χ1) is 2.89. The van der Waals surface area contributed by atoms with Crippen molar-refractivity contribution in [3.63, 3.8) is 0 Å². The van der Waals surface area contributed by atoms with Crippen LogP contribution in [0.15, 0.2) is 4.52 Å². The quantitative estimate of drug-likeness (QED) is 0.449. The molecule has 1 rings (SSSR count). The van der Waals surface area contributed by atoms with Crippen molar-refractivity contribution in [3.05, 3.63) is 12.2 Å². The van der Waals surface area contributed by atoms with E-state index in [9.17, 15) is 0 Å². The summed E-state index contributed by atoms with van der Waals surface area (Å²) in [5, 5.41) is 3.38. The standard InChI is InChI=1S/C3H3N2O/c1-3-4-2-6-5-3/h1H3. The van der Waals surface area contributed by atoms with Crippen LogP contribution in [0.25, 0.3) is 0 Å². The van der Waals surface area contributed by atoms with Crippen LogP contribution in [-0.2, 0) is 0 Å². The van der Waals surface area contributed by atoms with Gasteiger partial charge in [0.2, 0.25) is 0 Å². The zero-order chi connectivity index (χ0) is 4.41. The Bertz CT molecular complexity index is 112. The molecule has 0 fully saturated rings. The lowest BCUT2D eigenvalue weighted by molar-refractivity contribution is 0.405. The summed E-state index contributed by atoms with van der Waals surface area (Å²) in [6, 6.07) is 0. The first-order valence-corrected chi connectivity index (χ1v) is 1.56. The summed E-state index contributed by atoms with van der Waals surface area (Å²) in [7, 11) is 0. The molecule has 6 heavy (non-hydrogen) atoms. The van der Waals surface area contributed by atoms with Crippen molar-refractivity contribution in [1.82, 2.24) is 10.1 Å². The molecular formula is C3H3N2O. The Balaban J connectivity index is 3.05. The van der Waals surface area contributed by atoms with Gasteiger partial charge in [-0.1, -0.05) is 5.16 Å². The van der Waals surface area contributed by atoms with Gasteiger partial charge in [0.05, 0.1) is 0 Å². The molecule has 1 heterocycles. The molecule has 1 aromatic heterocycles. The number of rotatable bonds is 0. The Morgan fingerprint density at radius 1 is 1.83 bits per heavy atom. The Hall–Kier alpha value is -0.860. The molecule has 0 spiro atoms. The van der Waals surface area contributed by atoms with Crippen molar-refractivity contribution in [2.75, 3.05) is 0 Å². The molecule has 0 bridgehead atoms. The van der Waals surface area contributed by atoms with Gasteiger partial charge in [-0.2, -0.15) is 4.98 Å². The summed E-state index contributed by atoms with van der Waals surface area (Å²) < 4.78 is 4.23. The maximum absolute atomic E-state index is 4.23. The predicted molar refractivity (Wildman–Crippen MR) is 17.9 cm³/mol. The molecule has 0 saturated carbocycles. The van der Waals surface area contributed by atoms with Gasteiger partial charge in [-0.15, -0.1) is 0 Å². The molecule has 3 nitrogen and oxygen atoms in total. The molecule has 0 atom stereocenters. The van der Waals surface area contributed by atoms with Crippen LogP contribution in [-0.4, -0.2) is 10.1 Å². The van der Waals surface area contributed by atoms with Gasteiger partial charge in [0.1, 0.15) is 0 Å². The molecule has 0 unspecified atom stereocenters. The smallest absolute Gasteiger partial charge is 0.316 e. The van der Waals surface area contributed by atoms with E-state index >= 15 is 0 Å². The first-order valence-electron chi connectivity index (χ1n) is 1.56. The molecular weight excluding hydrogens is 80.0 g/mol. The molecule has 0 aliphatic heterocycles. The summed E-state index contributed by atoms with van der Waals surface area (Å²) >= 11 is 0. The highest BCUT2D eigenvalue weighted by molar-refractivity contribution is 4.66. The topological polar surface area (TPSA) is 38.9 Å². The highest BCUT2D eigenvalue weighted by atomic mass is 16.5. The van der Waals surface area contributed by atoms with Crippen molar-refractivity contribution < 1.29 is 4.52 Å². The van der Waals surface area contributed by atoms with E-state index in [1.807, 2.05) is 0 Å². The van der Waals surface area contributed by atoms with Crippen LogP contribution in [0.2, 0.25) is 0 Å². The molecule has 0 saturated heterocycles. The highest BCUT2D eigenvalue weighted by Gasteiger charge is 1.81. The largest absolute Gasteiger partial charge is 0.329 e. The number of hydrogen-bond acceptors (Lipinski definition) is 3. The maximum atomic E-state index is 4.23. The van der Waals surface area contributed by atoms with E-state index < -0.39 is 0 Å². The maximum Gasteiger partial charge on any atom is 0.316 e. The monoisotopic (exact) mass is 83.0 g/mol. The van der Waals surface area contributed by atoms with E-state index in [0.717, 1.165) is 0 Å². The van der Waals surface area contributed by atoms with Crippen LogP contribution in [0.1, 0.15) is 5.82 Å². The molecule has 3 heteroatoms. The fourth-order valence-electron chi connectivity index (χ4n) is 0.193. The normalized spacial score (nSPS) is 8.83. The number of aromatic nitrogens is 2. The van der Waals surface area contributed by atoms with E-state index in [4.69, 9.17) is 0 Å². The Labute approximate surface area is 35.0 Å². The minimum absolute atomic E-state index is 0.620. The number of aryl methyl sites for hydroxylation is 1. The van der Waals surface area contributed by atoms with Crippen LogP contribution >= 0.6 is 0 Å². The van der Waals surface area contributed by atoms with Crippen molar-refractivity contribution in [2.24, 2.45) is 0 Å². The van der Waals surface area contributed by atoms with Gasteiger partial charge in [0, 0.05) is 0 Å². The van der Waals surface area contributed by atoms with Gasteiger partial charge in [0.25, 0.3) is 0 Å². The Morgan fingerprint density at radius 2 is 2.67 bits per heavy atom. The summed E-state index contributed by atoms with van der Waals surface area (Å²) in [6.07, 6.45) is 2.19. The summed E-state index contributed by atoms with van der Waals surface area (Å²) in [5.41, 5.74) is 0. The SMILES string of the molecule is Cc1n[c]on1. The van der Waals surface area contributed by atoms with Gasteiger partial charge >= 0.3 is 6.39 Å². The average molecular weight is 83.1 g/mol. The van der Waals surface area contributed by atoms with Gasteiger partial charge in [-0.05, 0) is 6.92 Å². The third-order valence-corrected chi connectivity index (χ3v) is 0.426. The van der Waals surface area contributed by atoms with Gasteiger partial charge < -0.3 is 4.52 Å². The predicted octanol–water partition coefficient (Wildman–Crippen LogP) is 0.178. The average Bonchev–Trinajstić information content (AvgIpc) is 1.86. The van der Waals surface area contributed by atoms with E-state index in [0.29, 0.717) is 5.82 Å². The second-order valence-electron chi connectivity index (χ2n) is 0.933. The second-order valence-corrected chi connectivity index (χ2v) is 0.933. The molecule has 0 aliphatic carbocycles. The molecule has 31 valence electrons. The molecule has 1 aromatic rings. The minimum atomic E-state index is 0.620. The van der Waals surface area contributed by atoms with Crippen LogP contribution in [0.4, 0.5) is 0 Å². The highest BCUT2D eigenvalue weighted by Crippen LogP contribution is 1.77.